The number of hydrogen-bond donors (Lipinski definition) is 3. The maximum atomic E-state index is 15.8. The molecule has 0 saturated carbocycles. The van der Waals surface area contributed by atoms with Crippen LogP contribution in [-0.4, -0.2) is 135 Å². The number of pyridine rings is 1. The number of rotatable bonds is 24. The van der Waals surface area contributed by atoms with Crippen LogP contribution >= 0.6 is 0 Å². The maximum absolute atomic E-state index is 15.8. The van der Waals surface area contributed by atoms with Gasteiger partial charge in [0, 0.05) is 92.5 Å². The minimum Gasteiger partial charge on any atom is -0.493 e. The highest BCUT2D eigenvalue weighted by molar-refractivity contribution is 5.87. The summed E-state index contributed by atoms with van der Waals surface area (Å²) >= 11 is 0. The predicted octanol–water partition coefficient (Wildman–Crippen LogP) is 8.28. The zero-order valence-electron chi connectivity index (χ0n) is 52.3. The first-order valence-corrected chi connectivity index (χ1v) is 30.0. The Morgan fingerprint density at radius 3 is 2.17 bits per heavy atom. The predicted molar refractivity (Wildman–Crippen MR) is 325 cm³/mol. The molecule has 2 saturated heterocycles. The molecule has 1 unspecified atom stereocenters. The Kier molecular flexibility index (Phi) is 21.7. The van der Waals surface area contributed by atoms with Crippen molar-refractivity contribution in [2.75, 3.05) is 67.7 Å². The molecule has 2 fully saturated rings. The lowest BCUT2D eigenvalue weighted by Gasteiger charge is -2.37. The molecule has 5 heterocycles. The topological polar surface area (TPSA) is 252 Å². The number of alkyl carbamates (subject to hydrolysis) is 2. The Morgan fingerprint density at radius 2 is 1.53 bits per heavy atom. The van der Waals surface area contributed by atoms with Gasteiger partial charge in [-0.05, 0) is 141 Å². The molecule has 2 aliphatic heterocycles. The zero-order valence-corrected chi connectivity index (χ0v) is 52.3. The van der Waals surface area contributed by atoms with Crippen LogP contribution in [0.5, 0.6) is 5.75 Å². The number of nitrogens with one attached hydrogen (secondary N) is 2. The van der Waals surface area contributed by atoms with Gasteiger partial charge in [0.1, 0.15) is 65.5 Å². The number of aliphatic hydroxyl groups excluding tert-OH is 1. The minimum atomic E-state index is -1.28. The molecule has 8 rings (SSSR count). The maximum Gasteiger partial charge on any atom is 0.418 e. The number of hydrogen-bond acceptors (Lipinski definition) is 17. The van der Waals surface area contributed by atoms with Gasteiger partial charge in [0.15, 0.2) is 0 Å². The van der Waals surface area contributed by atoms with Crippen molar-refractivity contribution in [2.24, 2.45) is 5.92 Å². The molecule has 6 atom stereocenters. The molecule has 6 aromatic rings. The summed E-state index contributed by atoms with van der Waals surface area (Å²) in [7, 11) is 1.45. The number of amides is 3. The van der Waals surface area contributed by atoms with E-state index in [-0.39, 0.29) is 62.3 Å². The summed E-state index contributed by atoms with van der Waals surface area (Å²) in [4.78, 5) is 75.5. The molecular formula is C63H83F2N12O12+. The number of aliphatic hydroxyl groups is 1. The summed E-state index contributed by atoms with van der Waals surface area (Å²) in [6.07, 6.45) is 4.08. The fourth-order valence-electron chi connectivity index (χ4n) is 10.7. The van der Waals surface area contributed by atoms with Crippen LogP contribution in [0.15, 0.2) is 109 Å². The van der Waals surface area contributed by atoms with Gasteiger partial charge in [0.25, 0.3) is 6.33 Å². The summed E-state index contributed by atoms with van der Waals surface area (Å²) in [5.74, 6) is -1.67. The molecule has 3 N–H and O–H groups in total. The van der Waals surface area contributed by atoms with Crippen molar-refractivity contribution in [2.45, 2.75) is 149 Å². The first-order chi connectivity index (χ1) is 42.3. The number of halogens is 2. The van der Waals surface area contributed by atoms with Crippen LogP contribution < -0.4 is 40.3 Å². The van der Waals surface area contributed by atoms with Gasteiger partial charge in [-0.1, -0.05) is 19.1 Å². The Bertz CT molecular complexity index is 3410. The summed E-state index contributed by atoms with van der Waals surface area (Å²) < 4.78 is 71.0. The largest absolute Gasteiger partial charge is 0.493 e. The van der Waals surface area contributed by atoms with Gasteiger partial charge < -0.3 is 54.0 Å². The number of esters is 1. The highest BCUT2D eigenvalue weighted by atomic mass is 19.1. The van der Waals surface area contributed by atoms with Crippen LogP contribution in [0.3, 0.4) is 0 Å². The van der Waals surface area contributed by atoms with Crippen molar-refractivity contribution >= 4 is 41.4 Å². The van der Waals surface area contributed by atoms with Crippen LogP contribution in [0.2, 0.25) is 0 Å². The van der Waals surface area contributed by atoms with Gasteiger partial charge in [-0.3, -0.25) is 4.90 Å². The normalized spacial score (nSPS) is 17.5. The van der Waals surface area contributed by atoms with Gasteiger partial charge >= 0.3 is 29.9 Å². The fourth-order valence-corrected chi connectivity index (χ4v) is 10.7. The van der Waals surface area contributed by atoms with E-state index in [1.165, 1.54) is 56.5 Å². The Labute approximate surface area is 516 Å². The molecule has 24 nitrogen and oxygen atoms in total. The van der Waals surface area contributed by atoms with Crippen molar-refractivity contribution < 1.29 is 66.1 Å². The van der Waals surface area contributed by atoms with Crippen LogP contribution in [0.4, 0.5) is 40.4 Å². The number of nitrogens with zero attached hydrogens (tertiary/aromatic N) is 10. The number of anilines is 3. The lowest BCUT2D eigenvalue weighted by Crippen LogP contribution is -2.46. The first-order valence-electron chi connectivity index (χ1n) is 30.0. The molecule has 0 aliphatic carbocycles. The SMILES string of the molecule is CC[C@@H]([C@H](C)O)n1ncn(-c2ccc(N3CCN(c4ccc(OC[C@@H]5CO[C@@](Cn6c[n+](C(C)OC(=O)N(C)c7ncccc7COC(=O)[C@H](CCCCNC(=O)OC(C)(C)C)NC(=O)OC(C)(C)C)cn6)(c6ccc(F)cc6F)C5)cc4)CC3)cc2)c1=O. The first kappa shape index (κ1) is 66.3. The summed E-state index contributed by atoms with van der Waals surface area (Å²) in [6.45, 7) is 19.1. The molecule has 89 heavy (non-hydrogen) atoms. The molecule has 480 valence electrons. The smallest absolute Gasteiger partial charge is 0.418 e. The second kappa shape index (κ2) is 29.1. The van der Waals surface area contributed by atoms with E-state index in [4.69, 9.17) is 28.4 Å². The van der Waals surface area contributed by atoms with E-state index < -0.39 is 77.1 Å². The third-order valence-electron chi connectivity index (χ3n) is 15.2. The highest BCUT2D eigenvalue weighted by Gasteiger charge is 2.47. The van der Waals surface area contributed by atoms with Gasteiger partial charge in [-0.2, -0.15) is 9.67 Å². The number of carbonyl (C=O) groups excluding carboxylic acids is 4. The second-order valence-electron chi connectivity index (χ2n) is 24.4. The van der Waals surface area contributed by atoms with E-state index in [0.717, 1.165) is 48.5 Å². The van der Waals surface area contributed by atoms with Crippen molar-refractivity contribution in [3.63, 3.8) is 0 Å². The molecule has 3 aromatic carbocycles. The van der Waals surface area contributed by atoms with Crippen molar-refractivity contribution in [3.8, 4) is 11.4 Å². The van der Waals surface area contributed by atoms with Crippen LogP contribution in [0.1, 0.15) is 118 Å². The van der Waals surface area contributed by atoms with Gasteiger partial charge in [-0.15, -0.1) is 4.68 Å². The molecule has 3 amide bonds. The Hall–Kier alpha value is -8.65. The fraction of sp³-hybridized carbons (Fsp3) is 0.508. The molecule has 26 heteroatoms. The molecule has 2 aliphatic rings. The molecule has 3 aromatic heterocycles. The van der Waals surface area contributed by atoms with E-state index in [1.807, 2.05) is 55.5 Å². The highest BCUT2D eigenvalue weighted by Crippen LogP contribution is 2.42. The monoisotopic (exact) mass is 1240 g/mol. The number of benzene rings is 3. The summed E-state index contributed by atoms with van der Waals surface area (Å²) in [5, 5.41) is 24.2. The average molecular weight is 1240 g/mol. The van der Waals surface area contributed by atoms with Crippen LogP contribution in [-0.2, 0) is 47.2 Å². The van der Waals surface area contributed by atoms with Gasteiger partial charge in [0.2, 0.25) is 12.6 Å². The van der Waals surface area contributed by atoms with Crippen molar-refractivity contribution in [1.29, 1.82) is 0 Å². The Balaban J connectivity index is 0.833. The molecule has 0 bridgehead atoms. The number of aromatic nitrogens is 7. The van der Waals surface area contributed by atoms with E-state index >= 15 is 4.39 Å². The zero-order chi connectivity index (χ0) is 64.2. The third kappa shape index (κ3) is 17.8. The van der Waals surface area contributed by atoms with E-state index in [0.29, 0.717) is 42.7 Å². The lowest BCUT2D eigenvalue weighted by atomic mass is 9.87. The standard InChI is InChI=1S/C63H82F2N12O12/c1-11-54(42(2)78)77-59(82)76(40-69-77)49-20-18-47(19-21-49)72-29-31-73(32-30-72)48-22-24-50(25-23-48)84-35-44-34-63(86-36-44,51-26-17-46(64)33-52(51)65)38-75-41-74(39-68-75)43(3)87-60(83)71(10)55-45(15-14-28-66-55)37-85-56(79)53(70-58(81)89-62(7,8)9)16-12-13-27-67-57(80)88-61(4,5)6/h14-15,17-26,28,33,39-44,53-54,78H,11-13,16,27,29-32,34-38H2,1-10H3,(H-,67,70,80,81)/p+1/t42-,43?,44+,53-,54-,63-/m0/s1. The lowest BCUT2D eigenvalue weighted by molar-refractivity contribution is -0.753. The third-order valence-corrected chi connectivity index (χ3v) is 15.2. The molecule has 0 radical (unpaired) electrons. The van der Waals surface area contributed by atoms with Crippen LogP contribution in [0, 0.1) is 17.6 Å². The van der Waals surface area contributed by atoms with E-state index in [9.17, 15) is 33.5 Å². The van der Waals surface area contributed by atoms with E-state index in [1.54, 1.807) is 73.8 Å². The molecular weight excluding hydrogens is 1150 g/mol. The van der Waals surface area contributed by atoms with E-state index in [2.05, 4.69) is 35.6 Å². The second-order valence-corrected chi connectivity index (χ2v) is 24.4. The number of unbranched alkanes of at least 4 members (excludes halogenated alkanes) is 1. The molecule has 0 spiro atoms. The van der Waals surface area contributed by atoms with Crippen molar-refractivity contribution in [3.05, 3.63) is 137 Å². The Morgan fingerprint density at radius 1 is 0.876 bits per heavy atom. The number of piperazine rings is 1. The van der Waals surface area contributed by atoms with Gasteiger partial charge in [0.05, 0.1) is 31.0 Å². The summed E-state index contributed by atoms with van der Waals surface area (Å²) in [5.41, 5.74) is 0.210. The van der Waals surface area contributed by atoms with Gasteiger partial charge in [-0.25, -0.2) is 47.0 Å². The number of ether oxygens (including phenoxy) is 6. The van der Waals surface area contributed by atoms with Crippen LogP contribution in [0.25, 0.3) is 5.69 Å². The summed E-state index contributed by atoms with van der Waals surface area (Å²) in [6, 6.07) is 20.8. The van der Waals surface area contributed by atoms with Crippen molar-refractivity contribution in [1.82, 2.24) is 39.7 Å². The number of carbonyl (C=O) groups is 4. The minimum absolute atomic E-state index is 0.0151. The quantitative estimate of drug-likeness (QED) is 0.0223. The average Bonchev–Trinajstić information content (AvgIpc) is 1.84.